The van der Waals surface area contributed by atoms with Gasteiger partial charge in [-0.2, -0.15) is 0 Å². The molecule has 0 aromatic carbocycles. The zero-order valence-corrected chi connectivity index (χ0v) is 16.7. The summed E-state index contributed by atoms with van der Waals surface area (Å²) in [6.45, 7) is 9.23. The van der Waals surface area contributed by atoms with Gasteiger partial charge < -0.3 is 0 Å². The summed E-state index contributed by atoms with van der Waals surface area (Å²) in [5, 5.41) is 0. The van der Waals surface area contributed by atoms with Gasteiger partial charge in [-0.3, -0.25) is 0 Å². The van der Waals surface area contributed by atoms with E-state index in [1.165, 1.54) is 83.5 Å². The van der Waals surface area contributed by atoms with Gasteiger partial charge in [-0.25, -0.2) is 0 Å². The quantitative estimate of drug-likeness (QED) is 0.199. The molecule has 0 saturated heterocycles. The molecule has 0 heteroatoms. The second-order valence-electron chi connectivity index (χ2n) is 7.50. The van der Waals surface area contributed by atoms with Gasteiger partial charge in [0.15, 0.2) is 0 Å². The van der Waals surface area contributed by atoms with Gasteiger partial charge in [0.05, 0.1) is 0 Å². The molecule has 0 rings (SSSR count). The molecule has 0 fully saturated rings. The zero-order valence-electron chi connectivity index (χ0n) is 16.7. The first kappa shape index (κ1) is 22.6. The summed E-state index contributed by atoms with van der Waals surface area (Å²) >= 11 is 0. The van der Waals surface area contributed by atoms with Gasteiger partial charge in [0.1, 0.15) is 0 Å². The second-order valence-corrected chi connectivity index (χ2v) is 7.50. The van der Waals surface area contributed by atoms with E-state index in [1.54, 1.807) is 0 Å². The second kappa shape index (κ2) is 16.4. The van der Waals surface area contributed by atoms with Gasteiger partial charge in [0, 0.05) is 5.92 Å². The van der Waals surface area contributed by atoms with E-state index in [1.807, 2.05) is 0 Å². The fourth-order valence-corrected chi connectivity index (χ4v) is 3.95. The van der Waals surface area contributed by atoms with Gasteiger partial charge >= 0.3 is 0 Å². The van der Waals surface area contributed by atoms with Crippen LogP contribution >= 0.6 is 0 Å². The smallest absolute Gasteiger partial charge is 0.0197 e. The lowest BCUT2D eigenvalue weighted by Crippen LogP contribution is -2.16. The van der Waals surface area contributed by atoms with Crippen molar-refractivity contribution in [3.63, 3.8) is 0 Å². The lowest BCUT2D eigenvalue weighted by atomic mass is 9.78. The van der Waals surface area contributed by atoms with Gasteiger partial charge in [0.25, 0.3) is 0 Å². The molecule has 0 aliphatic carbocycles. The zero-order chi connectivity index (χ0) is 17.3. The summed E-state index contributed by atoms with van der Waals surface area (Å²) in [6.07, 6.45) is 24.9. The third-order valence-electron chi connectivity index (χ3n) is 5.54. The number of hydrogen-bond donors (Lipinski definition) is 0. The van der Waals surface area contributed by atoms with Crippen molar-refractivity contribution in [2.45, 2.75) is 118 Å². The molecule has 0 nitrogen and oxygen atoms in total. The van der Waals surface area contributed by atoms with Crippen molar-refractivity contribution in [1.82, 2.24) is 0 Å². The molecule has 0 aliphatic heterocycles. The maximum atomic E-state index is 5.64. The van der Waals surface area contributed by atoms with Crippen LogP contribution in [-0.2, 0) is 0 Å². The number of rotatable bonds is 16. The minimum atomic E-state index is 0.510. The molecule has 0 aliphatic rings. The van der Waals surface area contributed by atoms with E-state index in [4.69, 9.17) is 6.42 Å². The van der Waals surface area contributed by atoms with Gasteiger partial charge in [0.2, 0.25) is 0 Å². The Morgan fingerprint density at radius 2 is 1.13 bits per heavy atom. The van der Waals surface area contributed by atoms with Crippen LogP contribution < -0.4 is 0 Å². The molecule has 0 radical (unpaired) electrons. The predicted octanol–water partition coefficient (Wildman–Crippen LogP) is 8.01. The molecule has 3 unspecified atom stereocenters. The van der Waals surface area contributed by atoms with E-state index in [0.717, 1.165) is 18.3 Å². The molecule has 0 bridgehead atoms. The average Bonchev–Trinajstić information content (AvgIpc) is 2.57. The highest BCUT2D eigenvalue weighted by Crippen LogP contribution is 2.32. The van der Waals surface area contributed by atoms with Crippen LogP contribution in [0.1, 0.15) is 118 Å². The largest absolute Gasteiger partial charge is 0.120 e. The maximum Gasteiger partial charge on any atom is 0.0197 e. The summed E-state index contributed by atoms with van der Waals surface area (Å²) in [7, 11) is 0. The standard InChI is InChI=1S/C23H44/c1-6-11-13-18-22(16-8-3)23(19-14-12-7-2)20-15-17-21(9-4)10-5/h4,21-23H,6-8,10-20H2,1-3,5H3. The van der Waals surface area contributed by atoms with E-state index in [-0.39, 0.29) is 0 Å². The van der Waals surface area contributed by atoms with Crippen LogP contribution in [0.4, 0.5) is 0 Å². The third kappa shape index (κ3) is 11.7. The fourth-order valence-electron chi connectivity index (χ4n) is 3.95. The summed E-state index contributed by atoms with van der Waals surface area (Å²) in [4.78, 5) is 0. The monoisotopic (exact) mass is 320 g/mol. The van der Waals surface area contributed by atoms with Gasteiger partial charge in [-0.05, 0) is 24.7 Å². The van der Waals surface area contributed by atoms with Crippen molar-refractivity contribution in [3.05, 3.63) is 0 Å². The Hall–Kier alpha value is -0.440. The summed E-state index contributed by atoms with van der Waals surface area (Å²) in [6, 6.07) is 0. The van der Waals surface area contributed by atoms with Crippen LogP contribution in [0.3, 0.4) is 0 Å². The van der Waals surface area contributed by atoms with E-state index in [2.05, 4.69) is 33.6 Å². The SMILES string of the molecule is C#CC(CC)CCCC(CCCCC)C(CCC)CCCCC. The van der Waals surface area contributed by atoms with Gasteiger partial charge in [-0.1, -0.05) is 105 Å². The number of terminal acetylenes is 1. The molecular formula is C23H44. The third-order valence-corrected chi connectivity index (χ3v) is 5.54. The molecule has 0 saturated carbocycles. The van der Waals surface area contributed by atoms with Crippen molar-refractivity contribution in [3.8, 4) is 12.3 Å². The Kier molecular flexibility index (Phi) is 16.1. The van der Waals surface area contributed by atoms with Crippen LogP contribution in [0, 0.1) is 30.1 Å². The molecule has 136 valence electrons. The molecule has 0 spiro atoms. The van der Waals surface area contributed by atoms with Crippen LogP contribution in [0.5, 0.6) is 0 Å². The molecule has 0 aromatic heterocycles. The Labute approximate surface area is 148 Å². The summed E-state index contributed by atoms with van der Waals surface area (Å²) < 4.78 is 0. The molecule has 3 atom stereocenters. The van der Waals surface area contributed by atoms with Gasteiger partial charge in [-0.15, -0.1) is 12.3 Å². The van der Waals surface area contributed by atoms with Crippen LogP contribution in [-0.4, -0.2) is 0 Å². The Bertz CT molecular complexity index is 272. The van der Waals surface area contributed by atoms with Crippen molar-refractivity contribution in [2.24, 2.45) is 17.8 Å². The molecular weight excluding hydrogens is 276 g/mol. The van der Waals surface area contributed by atoms with Crippen molar-refractivity contribution < 1.29 is 0 Å². The van der Waals surface area contributed by atoms with Crippen LogP contribution in [0.25, 0.3) is 0 Å². The number of unbranched alkanes of at least 4 members (excludes halogenated alkanes) is 4. The molecule has 0 amide bonds. The molecule has 0 N–H and O–H groups in total. The summed E-state index contributed by atoms with van der Waals surface area (Å²) in [5.74, 6) is 5.40. The minimum absolute atomic E-state index is 0.510. The Morgan fingerprint density at radius 3 is 1.57 bits per heavy atom. The Morgan fingerprint density at radius 1 is 0.609 bits per heavy atom. The van der Waals surface area contributed by atoms with E-state index >= 15 is 0 Å². The highest BCUT2D eigenvalue weighted by Gasteiger charge is 2.20. The van der Waals surface area contributed by atoms with E-state index < -0.39 is 0 Å². The summed E-state index contributed by atoms with van der Waals surface area (Å²) in [5.41, 5.74) is 0. The van der Waals surface area contributed by atoms with Crippen LogP contribution in [0.2, 0.25) is 0 Å². The van der Waals surface area contributed by atoms with Crippen LogP contribution in [0.15, 0.2) is 0 Å². The topological polar surface area (TPSA) is 0 Å². The van der Waals surface area contributed by atoms with E-state index in [0.29, 0.717) is 5.92 Å². The molecule has 0 heterocycles. The van der Waals surface area contributed by atoms with Crippen molar-refractivity contribution in [1.29, 1.82) is 0 Å². The average molecular weight is 321 g/mol. The first-order valence-electron chi connectivity index (χ1n) is 10.7. The highest BCUT2D eigenvalue weighted by molar-refractivity contribution is 4.92. The van der Waals surface area contributed by atoms with Crippen molar-refractivity contribution >= 4 is 0 Å². The molecule has 0 aromatic rings. The lowest BCUT2D eigenvalue weighted by molar-refractivity contribution is 0.240. The first-order chi connectivity index (χ1) is 11.2. The van der Waals surface area contributed by atoms with E-state index in [9.17, 15) is 0 Å². The Balaban J connectivity index is 4.48. The van der Waals surface area contributed by atoms with Crippen molar-refractivity contribution in [2.75, 3.05) is 0 Å². The number of hydrogen-bond acceptors (Lipinski definition) is 0. The minimum Gasteiger partial charge on any atom is -0.120 e. The molecule has 23 heavy (non-hydrogen) atoms. The first-order valence-corrected chi connectivity index (χ1v) is 10.7. The fraction of sp³-hybridized carbons (Fsp3) is 0.913. The lowest BCUT2D eigenvalue weighted by Gasteiger charge is -2.28. The maximum absolute atomic E-state index is 5.64. The highest BCUT2D eigenvalue weighted by atomic mass is 14.3. The normalized spacial score (nSPS) is 15.1. The predicted molar refractivity (Wildman–Crippen MR) is 107 cm³/mol.